The van der Waals surface area contributed by atoms with Gasteiger partial charge in [-0.05, 0) is 36.4 Å². The van der Waals surface area contributed by atoms with E-state index in [1.54, 1.807) is 0 Å². The first kappa shape index (κ1) is 28.3. The molecule has 0 aliphatic carbocycles. The highest BCUT2D eigenvalue weighted by Gasteiger charge is 2.49. The van der Waals surface area contributed by atoms with E-state index in [1.165, 1.54) is 24.3 Å². The van der Waals surface area contributed by atoms with Gasteiger partial charge in [0.05, 0.1) is 17.7 Å². The molecule has 1 aliphatic rings. The number of aromatic hydroxyl groups is 7. The van der Waals surface area contributed by atoms with Gasteiger partial charge < -0.3 is 60.5 Å². The summed E-state index contributed by atoms with van der Waals surface area (Å²) in [5.74, 6) is -7.99. The van der Waals surface area contributed by atoms with Gasteiger partial charge in [-0.25, -0.2) is 4.79 Å². The highest BCUT2D eigenvalue weighted by atomic mass is 16.6. The molecule has 1 aliphatic heterocycles. The number of rotatable bonds is 6. The van der Waals surface area contributed by atoms with Gasteiger partial charge in [-0.2, -0.15) is 0 Å². The number of phenols is 7. The predicted molar refractivity (Wildman–Crippen MR) is 130 cm³/mol. The second-order valence-corrected chi connectivity index (χ2v) is 8.92. The van der Waals surface area contributed by atoms with Crippen molar-refractivity contribution in [1.29, 1.82) is 0 Å². The second kappa shape index (κ2) is 10.8. The van der Waals surface area contributed by atoms with Crippen LogP contribution in [0.5, 0.6) is 40.2 Å². The highest BCUT2D eigenvalue weighted by molar-refractivity contribution is 6.13. The van der Waals surface area contributed by atoms with Crippen LogP contribution in [0.3, 0.4) is 0 Å². The van der Waals surface area contributed by atoms with Gasteiger partial charge in [-0.15, -0.1) is 0 Å². The van der Waals surface area contributed by atoms with Crippen molar-refractivity contribution in [3.8, 4) is 40.2 Å². The zero-order valence-electron chi connectivity index (χ0n) is 20.2. The molecule has 0 bridgehead atoms. The standard InChI is InChI=1S/C26H24O14/c27-8-16-21(35)23(37)25(40-26(38)10-5-14(31)20(34)15(32)6-10)24(39-16)18-13(30)7-12(29)17(22(18)36)19(33)9-1-3-11(28)4-2-9/h1-7,16,21,23-25,27-32,34-37H,8H2/t16-,21+,23+,24-,25-/m0/s1. The van der Waals surface area contributed by atoms with Crippen LogP contribution >= 0.6 is 0 Å². The van der Waals surface area contributed by atoms with E-state index >= 15 is 0 Å². The molecule has 5 atom stereocenters. The molecule has 0 aromatic heterocycles. The maximum atomic E-state index is 13.1. The summed E-state index contributed by atoms with van der Waals surface area (Å²) in [5.41, 5.74) is -2.02. The molecular formula is C26H24O14. The molecule has 0 amide bonds. The number of aliphatic hydroxyl groups is 3. The van der Waals surface area contributed by atoms with E-state index in [2.05, 4.69) is 0 Å². The molecule has 212 valence electrons. The molecule has 4 rings (SSSR count). The van der Waals surface area contributed by atoms with E-state index in [-0.39, 0.29) is 11.3 Å². The molecule has 14 heteroatoms. The van der Waals surface area contributed by atoms with Crippen molar-refractivity contribution in [1.82, 2.24) is 0 Å². The number of carbonyl (C=O) groups is 2. The third-order valence-electron chi connectivity index (χ3n) is 6.35. The fraction of sp³-hybridized carbons (Fsp3) is 0.231. The zero-order chi connectivity index (χ0) is 29.5. The Balaban J connectivity index is 1.80. The van der Waals surface area contributed by atoms with Gasteiger partial charge in [-0.1, -0.05) is 0 Å². The Morgan fingerprint density at radius 2 is 1.35 bits per heavy atom. The normalized spacial score (nSPS) is 22.5. The Morgan fingerprint density at radius 1 is 0.750 bits per heavy atom. The molecule has 1 saturated heterocycles. The third kappa shape index (κ3) is 4.99. The summed E-state index contributed by atoms with van der Waals surface area (Å²) in [6, 6.07) is 6.84. The van der Waals surface area contributed by atoms with Crippen molar-refractivity contribution in [2.24, 2.45) is 0 Å². The fourth-order valence-electron chi connectivity index (χ4n) is 4.29. The van der Waals surface area contributed by atoms with Crippen LogP contribution in [0.25, 0.3) is 0 Å². The molecular weight excluding hydrogens is 536 g/mol. The highest BCUT2D eigenvalue weighted by Crippen LogP contribution is 2.47. The quantitative estimate of drug-likeness (QED) is 0.110. The number of esters is 1. The van der Waals surface area contributed by atoms with Crippen LogP contribution < -0.4 is 0 Å². The average Bonchev–Trinajstić information content (AvgIpc) is 2.90. The topological polar surface area (TPSA) is 255 Å². The van der Waals surface area contributed by atoms with Crippen molar-refractivity contribution in [3.05, 3.63) is 64.7 Å². The number of ether oxygens (including phenoxy) is 2. The molecule has 3 aromatic carbocycles. The smallest absolute Gasteiger partial charge is 0.338 e. The van der Waals surface area contributed by atoms with E-state index in [4.69, 9.17) is 9.47 Å². The average molecular weight is 560 g/mol. The molecule has 1 heterocycles. The predicted octanol–water partition coefficient (Wildman–Crippen LogP) is 0.236. The lowest BCUT2D eigenvalue weighted by Gasteiger charge is -2.42. The van der Waals surface area contributed by atoms with Crippen molar-refractivity contribution < 1.29 is 70.1 Å². The number of ketones is 1. The maximum Gasteiger partial charge on any atom is 0.338 e. The number of hydrogen-bond donors (Lipinski definition) is 10. The molecule has 0 unspecified atom stereocenters. The summed E-state index contributed by atoms with van der Waals surface area (Å²) in [5, 5.41) is 101. The lowest BCUT2D eigenvalue weighted by atomic mass is 9.88. The Labute approximate surface area is 224 Å². The van der Waals surface area contributed by atoms with Crippen LogP contribution in [0, 0.1) is 0 Å². The Bertz CT molecular complexity index is 1430. The summed E-state index contributed by atoms with van der Waals surface area (Å²) >= 11 is 0. The van der Waals surface area contributed by atoms with E-state index in [0.717, 1.165) is 12.1 Å². The molecule has 14 nitrogen and oxygen atoms in total. The first-order valence-corrected chi connectivity index (χ1v) is 11.6. The van der Waals surface area contributed by atoms with Crippen LogP contribution in [-0.4, -0.2) is 93.8 Å². The van der Waals surface area contributed by atoms with Gasteiger partial charge in [0.25, 0.3) is 0 Å². The SMILES string of the molecule is O=C(O[C@H]1[C@H](O)[C@H](O)[C@H](CO)O[C@H]1c1c(O)cc(O)c(C(=O)c2ccc(O)cc2)c1O)c1cc(O)c(O)c(O)c1. The second-order valence-electron chi connectivity index (χ2n) is 8.92. The van der Waals surface area contributed by atoms with Crippen molar-refractivity contribution in [2.75, 3.05) is 6.61 Å². The van der Waals surface area contributed by atoms with Crippen LogP contribution in [0.1, 0.15) is 37.9 Å². The molecule has 0 radical (unpaired) electrons. The van der Waals surface area contributed by atoms with Crippen molar-refractivity contribution in [3.63, 3.8) is 0 Å². The van der Waals surface area contributed by atoms with Crippen LogP contribution in [0.4, 0.5) is 0 Å². The molecule has 0 saturated carbocycles. The summed E-state index contributed by atoms with van der Waals surface area (Å²) in [7, 11) is 0. The minimum absolute atomic E-state index is 0.0942. The largest absolute Gasteiger partial charge is 0.508 e. The summed E-state index contributed by atoms with van der Waals surface area (Å²) < 4.78 is 10.8. The first-order valence-electron chi connectivity index (χ1n) is 11.6. The van der Waals surface area contributed by atoms with Gasteiger partial charge in [0.1, 0.15) is 53.0 Å². The lowest BCUT2D eigenvalue weighted by Crippen LogP contribution is -2.56. The molecule has 40 heavy (non-hydrogen) atoms. The zero-order valence-corrected chi connectivity index (χ0v) is 20.2. The summed E-state index contributed by atoms with van der Waals surface area (Å²) in [6.45, 7) is -0.881. The summed E-state index contributed by atoms with van der Waals surface area (Å²) in [6.07, 6.45) is -9.25. The first-order chi connectivity index (χ1) is 18.8. The van der Waals surface area contributed by atoms with E-state index in [0.29, 0.717) is 6.07 Å². The minimum Gasteiger partial charge on any atom is -0.508 e. The Hall–Kier alpha value is -4.76. The van der Waals surface area contributed by atoms with Crippen molar-refractivity contribution in [2.45, 2.75) is 30.5 Å². The maximum absolute atomic E-state index is 13.1. The van der Waals surface area contributed by atoms with Gasteiger partial charge >= 0.3 is 5.97 Å². The number of carbonyl (C=O) groups excluding carboxylic acids is 2. The van der Waals surface area contributed by atoms with Gasteiger partial charge in [0.2, 0.25) is 5.78 Å². The number of hydrogen-bond acceptors (Lipinski definition) is 14. The van der Waals surface area contributed by atoms with E-state index < -0.39 is 100 Å². The minimum atomic E-state index is -2.02. The number of benzene rings is 3. The Kier molecular flexibility index (Phi) is 7.61. The third-order valence-corrected chi connectivity index (χ3v) is 6.35. The number of aliphatic hydroxyl groups excluding tert-OH is 3. The van der Waals surface area contributed by atoms with Gasteiger partial charge in [0.15, 0.2) is 23.4 Å². The lowest BCUT2D eigenvalue weighted by molar-refractivity contribution is -0.232. The number of phenolic OH excluding ortho intramolecular Hbond substituents is 7. The molecule has 0 spiro atoms. The van der Waals surface area contributed by atoms with Gasteiger partial charge in [0, 0.05) is 11.6 Å². The van der Waals surface area contributed by atoms with Crippen LogP contribution in [0.2, 0.25) is 0 Å². The fourth-order valence-corrected chi connectivity index (χ4v) is 4.29. The molecule has 10 N–H and O–H groups in total. The monoisotopic (exact) mass is 560 g/mol. The molecule has 3 aromatic rings. The van der Waals surface area contributed by atoms with Crippen LogP contribution in [0.15, 0.2) is 42.5 Å². The van der Waals surface area contributed by atoms with E-state index in [9.17, 15) is 60.7 Å². The van der Waals surface area contributed by atoms with Crippen LogP contribution in [-0.2, 0) is 9.47 Å². The van der Waals surface area contributed by atoms with Gasteiger partial charge in [-0.3, -0.25) is 4.79 Å². The van der Waals surface area contributed by atoms with Crippen molar-refractivity contribution >= 4 is 11.8 Å². The van der Waals surface area contributed by atoms with E-state index in [1.807, 2.05) is 0 Å². The summed E-state index contributed by atoms with van der Waals surface area (Å²) in [4.78, 5) is 26.0. The molecule has 1 fully saturated rings. The Morgan fingerprint density at radius 3 is 1.93 bits per heavy atom.